The number of para-hydroxylation sites is 1. The average Bonchev–Trinajstić information content (AvgIpc) is 2.59. The highest BCUT2D eigenvalue weighted by Crippen LogP contribution is 2.22. The summed E-state index contributed by atoms with van der Waals surface area (Å²) in [4.78, 5) is 23.7. The van der Waals surface area contributed by atoms with Crippen LogP contribution < -0.4 is 20.9 Å². The van der Waals surface area contributed by atoms with E-state index >= 15 is 0 Å². The molecule has 3 N–H and O–H groups in total. The zero-order chi connectivity index (χ0) is 18.2. The predicted molar refractivity (Wildman–Crippen MR) is 99.7 cm³/mol. The van der Waals surface area contributed by atoms with Crippen LogP contribution in [-0.2, 0) is 4.79 Å². The molecule has 0 bridgehead atoms. The molecule has 0 aliphatic heterocycles. The molecule has 0 aliphatic carbocycles. The van der Waals surface area contributed by atoms with Crippen LogP contribution in [0.25, 0.3) is 0 Å². The molecule has 130 valence electrons. The number of nitrogens with one attached hydrogen (secondary N) is 3. The van der Waals surface area contributed by atoms with Crippen molar-refractivity contribution in [3.63, 3.8) is 0 Å². The summed E-state index contributed by atoms with van der Waals surface area (Å²) >= 11 is 16.7. The van der Waals surface area contributed by atoms with Crippen LogP contribution in [0.1, 0.15) is 10.4 Å². The summed E-state index contributed by atoms with van der Waals surface area (Å²) in [6, 6.07) is 13.1. The molecule has 6 nitrogen and oxygen atoms in total. The van der Waals surface area contributed by atoms with Crippen LogP contribution in [0.4, 0.5) is 0 Å². The first kappa shape index (κ1) is 19.0. The van der Waals surface area contributed by atoms with Crippen molar-refractivity contribution >= 4 is 52.3 Å². The average molecular weight is 398 g/mol. The summed E-state index contributed by atoms with van der Waals surface area (Å²) in [5.41, 5.74) is 5.04. The number of ether oxygens (including phenoxy) is 1. The van der Waals surface area contributed by atoms with Crippen LogP contribution in [-0.4, -0.2) is 23.5 Å². The number of rotatable bonds is 4. The topological polar surface area (TPSA) is 79.5 Å². The molecule has 0 aliphatic rings. The van der Waals surface area contributed by atoms with E-state index in [1.165, 1.54) is 6.07 Å². The normalized spacial score (nSPS) is 9.84. The third kappa shape index (κ3) is 6.22. The molecule has 0 atom stereocenters. The first-order valence-electron chi connectivity index (χ1n) is 6.99. The van der Waals surface area contributed by atoms with E-state index < -0.39 is 11.8 Å². The quantitative estimate of drug-likeness (QED) is 0.545. The van der Waals surface area contributed by atoms with E-state index in [4.69, 9.17) is 40.2 Å². The van der Waals surface area contributed by atoms with E-state index in [0.717, 1.165) is 0 Å². The summed E-state index contributed by atoms with van der Waals surface area (Å²) in [5, 5.41) is 3.16. The number of benzene rings is 2. The van der Waals surface area contributed by atoms with Crippen molar-refractivity contribution in [3.05, 3.63) is 64.1 Å². The van der Waals surface area contributed by atoms with E-state index in [9.17, 15) is 9.59 Å². The van der Waals surface area contributed by atoms with E-state index in [-0.39, 0.29) is 11.7 Å². The molecule has 2 amide bonds. The molecule has 2 rings (SSSR count). The minimum Gasteiger partial charge on any atom is -0.482 e. The number of hydrogen-bond donors (Lipinski definition) is 3. The molecule has 0 aromatic heterocycles. The number of carbonyl (C=O) groups excluding carboxylic acids is 2. The van der Waals surface area contributed by atoms with Crippen molar-refractivity contribution in [2.45, 2.75) is 0 Å². The van der Waals surface area contributed by atoms with Gasteiger partial charge in [-0.25, -0.2) is 0 Å². The molecule has 0 unspecified atom stereocenters. The van der Waals surface area contributed by atoms with Crippen molar-refractivity contribution in [2.24, 2.45) is 0 Å². The second kappa shape index (κ2) is 9.22. The number of halogens is 2. The Bertz CT molecular complexity index is 802. The Morgan fingerprint density at radius 3 is 2.52 bits per heavy atom. The molecular weight excluding hydrogens is 385 g/mol. The van der Waals surface area contributed by atoms with Crippen molar-refractivity contribution in [1.82, 2.24) is 16.2 Å². The van der Waals surface area contributed by atoms with Gasteiger partial charge >= 0.3 is 0 Å². The van der Waals surface area contributed by atoms with E-state index in [2.05, 4.69) is 16.2 Å². The van der Waals surface area contributed by atoms with Crippen LogP contribution in [0.15, 0.2) is 48.5 Å². The maximum Gasteiger partial charge on any atom is 0.276 e. The maximum atomic E-state index is 12.0. The number of amides is 2. The van der Waals surface area contributed by atoms with Gasteiger partial charge in [-0.1, -0.05) is 41.4 Å². The predicted octanol–water partition coefficient (Wildman–Crippen LogP) is 2.71. The fraction of sp³-hybridized carbons (Fsp3) is 0.0625. The summed E-state index contributed by atoms with van der Waals surface area (Å²) in [6.45, 7) is -0.276. The molecule has 0 saturated carbocycles. The highest BCUT2D eigenvalue weighted by Gasteiger charge is 2.09. The minimum atomic E-state index is -0.501. The van der Waals surface area contributed by atoms with Gasteiger partial charge in [-0.15, -0.1) is 0 Å². The highest BCUT2D eigenvalue weighted by molar-refractivity contribution is 7.80. The summed E-state index contributed by atoms with van der Waals surface area (Å²) < 4.78 is 5.27. The Labute approximate surface area is 159 Å². The van der Waals surface area contributed by atoms with Crippen LogP contribution in [0.2, 0.25) is 10.0 Å². The molecule has 2 aromatic rings. The molecule has 2 aromatic carbocycles. The number of thiocarbonyl (C=S) groups is 1. The molecule has 0 heterocycles. The van der Waals surface area contributed by atoms with Gasteiger partial charge in [0.1, 0.15) is 5.75 Å². The Morgan fingerprint density at radius 1 is 1.04 bits per heavy atom. The lowest BCUT2D eigenvalue weighted by Gasteiger charge is -2.12. The molecular formula is C16H13Cl2N3O3S. The van der Waals surface area contributed by atoms with Gasteiger partial charge in [0.05, 0.1) is 5.02 Å². The van der Waals surface area contributed by atoms with Gasteiger partial charge in [0.25, 0.3) is 11.8 Å². The van der Waals surface area contributed by atoms with Gasteiger partial charge in [0.2, 0.25) is 0 Å². The number of hydrogen-bond acceptors (Lipinski definition) is 4. The molecule has 0 saturated heterocycles. The maximum absolute atomic E-state index is 12.0. The lowest BCUT2D eigenvalue weighted by Crippen LogP contribution is -2.49. The monoisotopic (exact) mass is 397 g/mol. The van der Waals surface area contributed by atoms with Gasteiger partial charge in [-0.3, -0.25) is 25.8 Å². The van der Waals surface area contributed by atoms with E-state index in [1.54, 1.807) is 42.5 Å². The Balaban J connectivity index is 1.75. The molecule has 25 heavy (non-hydrogen) atoms. The summed E-state index contributed by atoms with van der Waals surface area (Å²) in [6.07, 6.45) is 0. The van der Waals surface area contributed by atoms with Crippen LogP contribution in [0, 0.1) is 0 Å². The van der Waals surface area contributed by atoms with Crippen molar-refractivity contribution in [3.8, 4) is 5.75 Å². The second-order valence-electron chi connectivity index (χ2n) is 4.69. The summed E-state index contributed by atoms with van der Waals surface area (Å²) in [5.74, 6) is -0.572. The Hall–Kier alpha value is -2.35. The zero-order valence-corrected chi connectivity index (χ0v) is 15.0. The molecule has 0 fully saturated rings. The first-order valence-corrected chi connectivity index (χ1v) is 8.15. The SMILES string of the molecule is O=C(COc1ccccc1Cl)NNC(=S)NC(=O)c1cccc(Cl)c1. The third-order valence-electron chi connectivity index (χ3n) is 2.82. The lowest BCUT2D eigenvalue weighted by atomic mass is 10.2. The van der Waals surface area contributed by atoms with Crippen molar-refractivity contribution in [2.75, 3.05) is 6.61 Å². The van der Waals surface area contributed by atoms with Crippen LogP contribution in [0.5, 0.6) is 5.75 Å². The molecule has 9 heteroatoms. The van der Waals surface area contributed by atoms with Crippen LogP contribution >= 0.6 is 35.4 Å². The Morgan fingerprint density at radius 2 is 1.80 bits per heavy atom. The Kier molecular flexibility index (Phi) is 7.00. The largest absolute Gasteiger partial charge is 0.482 e. The lowest BCUT2D eigenvalue weighted by molar-refractivity contribution is -0.123. The fourth-order valence-corrected chi connectivity index (χ4v) is 2.23. The smallest absolute Gasteiger partial charge is 0.276 e. The second-order valence-corrected chi connectivity index (χ2v) is 5.94. The van der Waals surface area contributed by atoms with Gasteiger partial charge in [-0.2, -0.15) is 0 Å². The zero-order valence-electron chi connectivity index (χ0n) is 12.7. The fourth-order valence-electron chi connectivity index (χ4n) is 1.70. The minimum absolute atomic E-state index is 0.0731. The van der Waals surface area contributed by atoms with Crippen LogP contribution in [0.3, 0.4) is 0 Å². The van der Waals surface area contributed by atoms with Gasteiger partial charge in [-0.05, 0) is 42.5 Å². The summed E-state index contributed by atoms with van der Waals surface area (Å²) in [7, 11) is 0. The number of hydrazine groups is 1. The van der Waals surface area contributed by atoms with Gasteiger partial charge in [0.15, 0.2) is 11.7 Å². The molecule has 0 radical (unpaired) electrons. The van der Waals surface area contributed by atoms with Crippen molar-refractivity contribution < 1.29 is 14.3 Å². The molecule has 0 spiro atoms. The number of carbonyl (C=O) groups is 2. The highest BCUT2D eigenvalue weighted by atomic mass is 35.5. The standard InChI is InChI=1S/C16H13Cl2N3O3S/c17-11-5-3-4-10(8-11)15(23)19-16(25)21-20-14(22)9-24-13-7-2-1-6-12(13)18/h1-8H,9H2,(H,20,22)(H2,19,21,23,25). The van der Waals surface area contributed by atoms with Gasteiger partial charge in [0, 0.05) is 10.6 Å². The van der Waals surface area contributed by atoms with Crippen molar-refractivity contribution in [1.29, 1.82) is 0 Å². The van der Waals surface area contributed by atoms with E-state index in [1.807, 2.05) is 0 Å². The first-order chi connectivity index (χ1) is 12.0. The third-order valence-corrected chi connectivity index (χ3v) is 3.58. The van der Waals surface area contributed by atoms with E-state index in [0.29, 0.717) is 21.4 Å². The van der Waals surface area contributed by atoms with Gasteiger partial charge < -0.3 is 4.74 Å².